The predicted molar refractivity (Wildman–Crippen MR) is 113 cm³/mol. The lowest BCUT2D eigenvalue weighted by Crippen LogP contribution is -2.26. The summed E-state index contributed by atoms with van der Waals surface area (Å²) in [6.07, 6.45) is -0.159. The van der Waals surface area contributed by atoms with Gasteiger partial charge in [0.15, 0.2) is 0 Å². The standard InChI is InChI=1S/C24H26F5NO2/c1-4-6-11-32-22-14-18(24(27,28)29)9-7-16(22)8-10-23(31)30-21(5-2)17-12-19(25)15(3)20(26)13-17/h7-10,12-14,21H,4-6,11H2,1-3H3,(H,30,31)/b10-8+/t21-/m1/s1. The number of amides is 1. The molecule has 0 aliphatic carbocycles. The molecule has 2 aromatic rings. The van der Waals surface area contributed by atoms with Gasteiger partial charge >= 0.3 is 6.18 Å². The maximum Gasteiger partial charge on any atom is 0.416 e. The molecule has 1 atom stereocenters. The minimum Gasteiger partial charge on any atom is -0.493 e. The van der Waals surface area contributed by atoms with E-state index >= 15 is 0 Å². The number of ether oxygens (including phenoxy) is 1. The third-order valence-corrected chi connectivity index (χ3v) is 4.94. The van der Waals surface area contributed by atoms with Gasteiger partial charge < -0.3 is 10.1 Å². The molecule has 0 unspecified atom stereocenters. The van der Waals surface area contributed by atoms with Gasteiger partial charge in [-0.15, -0.1) is 0 Å². The van der Waals surface area contributed by atoms with Crippen LogP contribution in [0.2, 0.25) is 0 Å². The molecule has 1 N–H and O–H groups in total. The highest BCUT2D eigenvalue weighted by Crippen LogP contribution is 2.33. The summed E-state index contributed by atoms with van der Waals surface area (Å²) in [5.74, 6) is -1.95. The molecule has 0 heterocycles. The Balaban J connectivity index is 2.20. The Kier molecular flexibility index (Phi) is 8.80. The molecule has 0 radical (unpaired) electrons. The number of alkyl halides is 3. The minimum atomic E-state index is -4.52. The van der Waals surface area contributed by atoms with Crippen molar-refractivity contribution in [2.24, 2.45) is 0 Å². The molecule has 8 heteroatoms. The molecular formula is C24H26F5NO2. The topological polar surface area (TPSA) is 38.3 Å². The second-order valence-electron chi connectivity index (χ2n) is 7.36. The fourth-order valence-electron chi connectivity index (χ4n) is 2.97. The van der Waals surface area contributed by atoms with E-state index < -0.39 is 35.3 Å². The first-order valence-electron chi connectivity index (χ1n) is 10.3. The molecule has 32 heavy (non-hydrogen) atoms. The van der Waals surface area contributed by atoms with Gasteiger partial charge in [0.25, 0.3) is 0 Å². The predicted octanol–water partition coefficient (Wildman–Crippen LogP) is 6.75. The van der Waals surface area contributed by atoms with E-state index in [1.54, 1.807) is 6.92 Å². The maximum absolute atomic E-state index is 13.9. The molecule has 2 rings (SSSR count). The van der Waals surface area contributed by atoms with Crippen LogP contribution in [0.4, 0.5) is 22.0 Å². The minimum absolute atomic E-state index is 0.0204. The Hall–Kier alpha value is -2.90. The number of rotatable bonds is 9. The lowest BCUT2D eigenvalue weighted by Gasteiger charge is -2.17. The molecule has 174 valence electrons. The summed E-state index contributed by atoms with van der Waals surface area (Å²) >= 11 is 0. The van der Waals surface area contributed by atoms with Crippen LogP contribution in [0.3, 0.4) is 0 Å². The van der Waals surface area contributed by atoms with Crippen LogP contribution < -0.4 is 10.1 Å². The van der Waals surface area contributed by atoms with Gasteiger partial charge in [-0.3, -0.25) is 4.79 Å². The van der Waals surface area contributed by atoms with Crippen LogP contribution >= 0.6 is 0 Å². The Morgan fingerprint density at radius 2 is 1.78 bits per heavy atom. The number of nitrogens with one attached hydrogen (secondary N) is 1. The van der Waals surface area contributed by atoms with Crippen LogP contribution in [0.1, 0.15) is 61.4 Å². The smallest absolute Gasteiger partial charge is 0.416 e. The van der Waals surface area contributed by atoms with Crippen molar-refractivity contribution >= 4 is 12.0 Å². The van der Waals surface area contributed by atoms with E-state index in [1.807, 2.05) is 6.92 Å². The molecule has 0 aromatic heterocycles. The van der Waals surface area contributed by atoms with Crippen molar-refractivity contribution in [3.8, 4) is 5.75 Å². The first-order valence-corrected chi connectivity index (χ1v) is 10.3. The van der Waals surface area contributed by atoms with Gasteiger partial charge in [0, 0.05) is 17.2 Å². The van der Waals surface area contributed by atoms with E-state index in [4.69, 9.17) is 4.74 Å². The molecule has 0 aliphatic rings. The molecule has 0 saturated carbocycles. The zero-order valence-electron chi connectivity index (χ0n) is 18.2. The van der Waals surface area contributed by atoms with Gasteiger partial charge in [0.1, 0.15) is 17.4 Å². The monoisotopic (exact) mass is 455 g/mol. The number of hydrogen-bond donors (Lipinski definition) is 1. The van der Waals surface area contributed by atoms with Crippen molar-refractivity contribution < 1.29 is 31.5 Å². The first-order chi connectivity index (χ1) is 15.1. The largest absolute Gasteiger partial charge is 0.493 e. The molecule has 0 spiro atoms. The van der Waals surface area contributed by atoms with Gasteiger partial charge in [-0.25, -0.2) is 8.78 Å². The average Bonchev–Trinajstić information content (AvgIpc) is 2.73. The SMILES string of the molecule is CCCCOc1cc(C(F)(F)F)ccc1/C=C/C(=O)N[C@H](CC)c1cc(F)c(C)c(F)c1. The highest BCUT2D eigenvalue weighted by molar-refractivity contribution is 5.92. The van der Waals surface area contributed by atoms with Crippen molar-refractivity contribution in [1.29, 1.82) is 0 Å². The maximum atomic E-state index is 13.9. The molecule has 2 aromatic carbocycles. The molecule has 0 fully saturated rings. The van der Waals surface area contributed by atoms with Crippen LogP contribution in [0.25, 0.3) is 6.08 Å². The Bertz CT molecular complexity index is 946. The number of benzene rings is 2. The molecule has 0 saturated heterocycles. The summed E-state index contributed by atoms with van der Waals surface area (Å²) in [4.78, 5) is 12.4. The number of carbonyl (C=O) groups is 1. The summed E-state index contributed by atoms with van der Waals surface area (Å²) in [6, 6.07) is 4.76. The summed E-state index contributed by atoms with van der Waals surface area (Å²) < 4.78 is 72.3. The fourth-order valence-corrected chi connectivity index (χ4v) is 2.97. The Morgan fingerprint density at radius 3 is 2.34 bits per heavy atom. The molecule has 0 bridgehead atoms. The van der Waals surface area contributed by atoms with Crippen LogP contribution in [0.15, 0.2) is 36.4 Å². The fraction of sp³-hybridized carbons (Fsp3) is 0.375. The quantitative estimate of drug-likeness (QED) is 0.258. The summed E-state index contributed by atoms with van der Waals surface area (Å²) in [6.45, 7) is 5.24. The van der Waals surface area contributed by atoms with Gasteiger partial charge in [0.2, 0.25) is 5.91 Å². The zero-order valence-corrected chi connectivity index (χ0v) is 18.2. The van der Waals surface area contributed by atoms with Crippen LogP contribution in [-0.2, 0) is 11.0 Å². The van der Waals surface area contributed by atoms with Crippen molar-refractivity contribution in [2.45, 2.75) is 52.3 Å². The normalized spacial score (nSPS) is 12.8. The first kappa shape index (κ1) is 25.4. The molecule has 0 aliphatic heterocycles. The third-order valence-electron chi connectivity index (χ3n) is 4.94. The summed E-state index contributed by atoms with van der Waals surface area (Å²) in [5.41, 5.74) is -0.356. The number of unbranched alkanes of at least 4 members (excludes halogenated alkanes) is 1. The number of carbonyl (C=O) groups excluding carboxylic acids is 1. The van der Waals surface area contributed by atoms with Crippen molar-refractivity contribution in [3.05, 3.63) is 70.3 Å². The van der Waals surface area contributed by atoms with E-state index in [2.05, 4.69) is 5.32 Å². The van der Waals surface area contributed by atoms with Crippen molar-refractivity contribution in [1.82, 2.24) is 5.32 Å². The number of hydrogen-bond acceptors (Lipinski definition) is 2. The highest BCUT2D eigenvalue weighted by atomic mass is 19.4. The van der Waals surface area contributed by atoms with Gasteiger partial charge in [0.05, 0.1) is 18.2 Å². The Morgan fingerprint density at radius 1 is 1.12 bits per heavy atom. The van der Waals surface area contributed by atoms with Crippen molar-refractivity contribution in [2.75, 3.05) is 6.61 Å². The summed E-state index contributed by atoms with van der Waals surface area (Å²) in [7, 11) is 0. The second kappa shape index (κ2) is 11.1. The lowest BCUT2D eigenvalue weighted by molar-refractivity contribution is -0.137. The third kappa shape index (κ3) is 6.80. The highest BCUT2D eigenvalue weighted by Gasteiger charge is 2.31. The van der Waals surface area contributed by atoms with Crippen LogP contribution in [0, 0.1) is 18.6 Å². The van der Waals surface area contributed by atoms with Crippen LogP contribution in [0.5, 0.6) is 5.75 Å². The molecule has 1 amide bonds. The van der Waals surface area contributed by atoms with Gasteiger partial charge in [-0.05, 0) is 55.7 Å². The van der Waals surface area contributed by atoms with E-state index in [0.717, 1.165) is 24.6 Å². The van der Waals surface area contributed by atoms with E-state index in [1.165, 1.54) is 31.2 Å². The second-order valence-corrected chi connectivity index (χ2v) is 7.36. The molecule has 3 nitrogen and oxygen atoms in total. The average molecular weight is 455 g/mol. The summed E-state index contributed by atoms with van der Waals surface area (Å²) in [5, 5.41) is 2.65. The van der Waals surface area contributed by atoms with Crippen LogP contribution in [-0.4, -0.2) is 12.5 Å². The van der Waals surface area contributed by atoms with E-state index in [-0.39, 0.29) is 23.5 Å². The van der Waals surface area contributed by atoms with Gasteiger partial charge in [-0.1, -0.05) is 26.3 Å². The van der Waals surface area contributed by atoms with Gasteiger partial charge in [-0.2, -0.15) is 13.2 Å². The molecular weight excluding hydrogens is 429 g/mol. The Labute approximate surface area is 184 Å². The lowest BCUT2D eigenvalue weighted by atomic mass is 10.0. The van der Waals surface area contributed by atoms with E-state index in [9.17, 15) is 26.7 Å². The van der Waals surface area contributed by atoms with E-state index in [0.29, 0.717) is 18.4 Å². The van der Waals surface area contributed by atoms with Crippen molar-refractivity contribution in [3.63, 3.8) is 0 Å². The zero-order chi connectivity index (χ0) is 23.9. The number of halogens is 5.